The maximum absolute atomic E-state index is 15.3. The number of aryl methyl sites for hydroxylation is 1. The second-order valence-corrected chi connectivity index (χ2v) is 11.9. The van der Waals surface area contributed by atoms with E-state index in [9.17, 15) is 19.5 Å². The SMILES string of the molecule is COC[C@H]1C[C@@H](COC2CCC(C(=O)O)CC2)N(C(=O)Cc2cc(Cl)c(NC(=O)c3nn(C)c4ccccc34)cc2F)C1. The molecular weight excluding hydrogens is 579 g/mol. The van der Waals surface area contributed by atoms with Crippen molar-refractivity contribution in [3.05, 3.63) is 58.5 Å². The molecule has 0 radical (unpaired) electrons. The molecule has 2 heterocycles. The number of hydrogen-bond donors (Lipinski definition) is 2. The number of benzene rings is 2. The molecule has 2 N–H and O–H groups in total. The van der Waals surface area contributed by atoms with Crippen molar-refractivity contribution in [2.24, 2.45) is 18.9 Å². The fraction of sp³-hybridized carbons (Fsp3) is 0.484. The van der Waals surface area contributed by atoms with E-state index in [0.29, 0.717) is 57.2 Å². The molecule has 1 saturated carbocycles. The average Bonchev–Trinajstić information content (AvgIpc) is 3.55. The van der Waals surface area contributed by atoms with Gasteiger partial charge in [0.05, 0.1) is 53.9 Å². The normalized spacial score (nSPS) is 22.2. The lowest BCUT2D eigenvalue weighted by Crippen LogP contribution is -2.40. The van der Waals surface area contributed by atoms with Gasteiger partial charge in [-0.15, -0.1) is 0 Å². The summed E-state index contributed by atoms with van der Waals surface area (Å²) in [5.74, 6) is -2.41. The number of carbonyl (C=O) groups excluding carboxylic acids is 2. The highest BCUT2D eigenvalue weighted by atomic mass is 35.5. The number of halogens is 2. The van der Waals surface area contributed by atoms with E-state index in [1.165, 1.54) is 6.07 Å². The number of likely N-dealkylation sites (tertiary alicyclic amines) is 1. The van der Waals surface area contributed by atoms with E-state index >= 15 is 4.39 Å². The number of para-hydroxylation sites is 1. The number of hydrogen-bond acceptors (Lipinski definition) is 6. The van der Waals surface area contributed by atoms with E-state index in [1.54, 1.807) is 35.9 Å². The second-order valence-electron chi connectivity index (χ2n) is 11.4. The van der Waals surface area contributed by atoms with Crippen molar-refractivity contribution in [2.75, 3.05) is 32.2 Å². The van der Waals surface area contributed by atoms with Gasteiger partial charge in [-0.25, -0.2) is 4.39 Å². The zero-order valence-corrected chi connectivity index (χ0v) is 25.0. The number of methoxy groups -OCH3 is 1. The van der Waals surface area contributed by atoms with Crippen LogP contribution in [-0.2, 0) is 32.5 Å². The van der Waals surface area contributed by atoms with Crippen molar-refractivity contribution in [2.45, 2.75) is 50.7 Å². The summed E-state index contributed by atoms with van der Waals surface area (Å²) in [7, 11) is 3.35. The molecule has 1 saturated heterocycles. The third kappa shape index (κ3) is 7.00. The lowest BCUT2D eigenvalue weighted by atomic mass is 9.87. The summed E-state index contributed by atoms with van der Waals surface area (Å²) >= 11 is 6.45. The monoisotopic (exact) mass is 614 g/mol. The first-order valence-corrected chi connectivity index (χ1v) is 14.9. The zero-order chi connectivity index (χ0) is 30.7. The molecule has 1 aliphatic heterocycles. The molecule has 43 heavy (non-hydrogen) atoms. The molecule has 2 aliphatic rings. The molecule has 2 fully saturated rings. The van der Waals surface area contributed by atoms with E-state index < -0.39 is 17.7 Å². The maximum Gasteiger partial charge on any atom is 0.306 e. The highest BCUT2D eigenvalue weighted by Crippen LogP contribution is 2.31. The van der Waals surface area contributed by atoms with Gasteiger partial charge in [-0.3, -0.25) is 19.1 Å². The number of aromatic nitrogens is 2. The minimum atomic E-state index is -0.766. The molecule has 0 bridgehead atoms. The van der Waals surface area contributed by atoms with Gasteiger partial charge in [-0.05, 0) is 55.9 Å². The summed E-state index contributed by atoms with van der Waals surface area (Å²) in [5, 5.41) is 16.9. The maximum atomic E-state index is 15.3. The van der Waals surface area contributed by atoms with Crippen molar-refractivity contribution >= 4 is 46.0 Å². The molecule has 2 aromatic carbocycles. The van der Waals surface area contributed by atoms with Crippen molar-refractivity contribution in [3.8, 4) is 0 Å². The van der Waals surface area contributed by atoms with Crippen LogP contribution in [0.1, 0.15) is 48.2 Å². The van der Waals surface area contributed by atoms with E-state index in [0.717, 1.165) is 11.6 Å². The smallest absolute Gasteiger partial charge is 0.306 e. The van der Waals surface area contributed by atoms with Crippen LogP contribution in [0.15, 0.2) is 36.4 Å². The summed E-state index contributed by atoms with van der Waals surface area (Å²) < 4.78 is 28.3. The molecule has 2 amide bonds. The van der Waals surface area contributed by atoms with Crippen LogP contribution in [0.3, 0.4) is 0 Å². The molecule has 3 aromatic rings. The first-order valence-electron chi connectivity index (χ1n) is 14.5. The van der Waals surface area contributed by atoms with Crippen molar-refractivity contribution in [3.63, 3.8) is 0 Å². The summed E-state index contributed by atoms with van der Waals surface area (Å²) in [6, 6.07) is 9.58. The largest absolute Gasteiger partial charge is 0.481 e. The van der Waals surface area contributed by atoms with Gasteiger partial charge >= 0.3 is 5.97 Å². The molecule has 5 rings (SSSR count). The number of carbonyl (C=O) groups is 3. The third-order valence-electron chi connectivity index (χ3n) is 8.47. The third-order valence-corrected chi connectivity index (χ3v) is 8.78. The molecule has 1 aromatic heterocycles. The first-order chi connectivity index (χ1) is 20.6. The molecule has 2 atom stereocenters. The van der Waals surface area contributed by atoms with Crippen LogP contribution in [0.2, 0.25) is 5.02 Å². The Hall–Kier alpha value is -3.54. The fourth-order valence-electron chi connectivity index (χ4n) is 6.20. The number of fused-ring (bicyclic) bond motifs is 1. The van der Waals surface area contributed by atoms with Gasteiger partial charge in [0.25, 0.3) is 5.91 Å². The van der Waals surface area contributed by atoms with Crippen molar-refractivity contribution in [1.82, 2.24) is 14.7 Å². The predicted molar refractivity (Wildman–Crippen MR) is 159 cm³/mol. The van der Waals surface area contributed by atoms with E-state index in [1.807, 2.05) is 12.1 Å². The molecule has 0 unspecified atom stereocenters. The first kappa shape index (κ1) is 30.9. The highest BCUT2D eigenvalue weighted by molar-refractivity contribution is 6.34. The van der Waals surface area contributed by atoms with Crippen LogP contribution in [0, 0.1) is 17.7 Å². The minimum Gasteiger partial charge on any atom is -0.481 e. The number of aliphatic carboxylic acids is 1. The van der Waals surface area contributed by atoms with E-state index in [2.05, 4.69) is 10.4 Å². The molecular formula is C31H36ClFN4O6. The van der Waals surface area contributed by atoms with Gasteiger partial charge < -0.3 is 24.8 Å². The Morgan fingerprint density at radius 3 is 2.60 bits per heavy atom. The number of nitrogens with one attached hydrogen (secondary N) is 1. The van der Waals surface area contributed by atoms with Crippen molar-refractivity contribution in [1.29, 1.82) is 0 Å². The Balaban J connectivity index is 1.24. The van der Waals surface area contributed by atoms with Crippen LogP contribution in [0.5, 0.6) is 0 Å². The van der Waals surface area contributed by atoms with Crippen LogP contribution >= 0.6 is 11.6 Å². The highest BCUT2D eigenvalue weighted by Gasteiger charge is 2.36. The predicted octanol–water partition coefficient (Wildman–Crippen LogP) is 4.68. The lowest BCUT2D eigenvalue weighted by Gasteiger charge is -2.30. The summed E-state index contributed by atoms with van der Waals surface area (Å²) in [5.41, 5.74) is 1.18. The molecule has 1 aliphatic carbocycles. The molecule has 10 nitrogen and oxygen atoms in total. The number of carboxylic acid groups (broad SMARTS) is 1. The van der Waals surface area contributed by atoms with Crippen LogP contribution in [-0.4, -0.2) is 76.6 Å². The molecule has 12 heteroatoms. The zero-order valence-electron chi connectivity index (χ0n) is 24.2. The number of anilines is 1. The molecule has 0 spiro atoms. The van der Waals surface area contributed by atoms with E-state index in [4.69, 9.17) is 21.1 Å². The summed E-state index contributed by atoms with van der Waals surface area (Å²) in [6.45, 7) is 1.28. The number of amides is 2. The number of carboxylic acids is 1. The Kier molecular flexibility index (Phi) is 9.63. The number of nitrogens with zero attached hydrogens (tertiary/aromatic N) is 3. The Morgan fingerprint density at radius 2 is 1.88 bits per heavy atom. The van der Waals surface area contributed by atoms with Crippen LogP contribution < -0.4 is 5.32 Å². The Bertz CT molecular complexity index is 1500. The second kappa shape index (κ2) is 13.4. The topological polar surface area (TPSA) is 123 Å². The van der Waals surface area contributed by atoms with Gasteiger partial charge in [0.1, 0.15) is 5.82 Å². The standard InChI is InChI=1S/C31H36ClFN4O6/c1-36-27-6-4-3-5-23(27)29(35-36)30(39)34-26-14-25(33)20(12-24(26)32)13-28(38)37-15-18(16-42-2)11-21(37)17-43-22-9-7-19(8-10-22)31(40)41/h3-6,12,14,18-19,21-22H,7-11,13,15-17H2,1-2H3,(H,34,39)(H,40,41)/t18-,19?,21-,22?/m0/s1. The van der Waals surface area contributed by atoms with Gasteiger partial charge in [0.15, 0.2) is 5.69 Å². The quantitative estimate of drug-likeness (QED) is 0.340. The summed E-state index contributed by atoms with van der Waals surface area (Å²) in [6.07, 6.45) is 2.94. The van der Waals surface area contributed by atoms with Gasteiger partial charge in [-0.1, -0.05) is 29.8 Å². The summed E-state index contributed by atoms with van der Waals surface area (Å²) in [4.78, 5) is 39.4. The number of ether oxygens (including phenoxy) is 2. The Labute approximate surface area is 254 Å². The van der Waals surface area contributed by atoms with Gasteiger partial charge in [0.2, 0.25) is 5.91 Å². The van der Waals surface area contributed by atoms with Crippen molar-refractivity contribution < 1.29 is 33.4 Å². The van der Waals surface area contributed by atoms with Crippen LogP contribution in [0.4, 0.5) is 10.1 Å². The van der Waals surface area contributed by atoms with E-state index in [-0.39, 0.29) is 58.3 Å². The minimum absolute atomic E-state index is 0.0443. The lowest BCUT2D eigenvalue weighted by molar-refractivity contribution is -0.144. The van der Waals surface area contributed by atoms with Gasteiger partial charge in [-0.2, -0.15) is 5.10 Å². The van der Waals surface area contributed by atoms with Gasteiger partial charge in [0, 0.05) is 32.0 Å². The Morgan fingerprint density at radius 1 is 1.14 bits per heavy atom. The average molecular weight is 615 g/mol. The molecule has 230 valence electrons. The fourth-order valence-corrected chi connectivity index (χ4v) is 6.44. The van der Waals surface area contributed by atoms with Crippen LogP contribution in [0.25, 0.3) is 10.9 Å². The number of rotatable bonds is 10.